The first-order valence-electron chi connectivity index (χ1n) is 7.01. The Morgan fingerprint density at radius 1 is 1.36 bits per heavy atom. The molecular weight excluding hydrogens is 330 g/mol. The lowest BCUT2D eigenvalue weighted by Crippen LogP contribution is -2.44. The van der Waals surface area contributed by atoms with Crippen molar-refractivity contribution in [2.75, 3.05) is 6.54 Å². The highest BCUT2D eigenvalue weighted by Crippen LogP contribution is 2.29. The Bertz CT molecular complexity index is 665. The number of nitrogens with one attached hydrogen (secondary N) is 1. The summed E-state index contributed by atoms with van der Waals surface area (Å²) in [5.74, 6) is 0.0433. The van der Waals surface area contributed by atoms with Crippen LogP contribution in [0.4, 0.5) is 5.69 Å². The van der Waals surface area contributed by atoms with Crippen molar-refractivity contribution in [1.29, 1.82) is 0 Å². The molecule has 0 aliphatic heterocycles. The van der Waals surface area contributed by atoms with Crippen LogP contribution in [0, 0.1) is 16.0 Å². The molecule has 0 radical (unpaired) electrons. The molecule has 3 N–H and O–H groups in total. The summed E-state index contributed by atoms with van der Waals surface area (Å²) in [5, 5.41) is 11.2. The number of rotatable bonds is 5. The molecule has 0 saturated heterocycles. The van der Waals surface area contributed by atoms with Crippen LogP contribution in [0.1, 0.15) is 25.7 Å². The molecule has 2 atom stereocenters. The quantitative estimate of drug-likeness (QED) is 0.624. The molecule has 1 aliphatic carbocycles. The fourth-order valence-electron chi connectivity index (χ4n) is 2.76. The summed E-state index contributed by atoms with van der Waals surface area (Å²) >= 11 is 5.79. The Morgan fingerprint density at radius 2 is 2.05 bits per heavy atom. The largest absolute Gasteiger partial charge is 0.330 e. The first-order valence-corrected chi connectivity index (χ1v) is 8.87. The fourth-order valence-corrected chi connectivity index (χ4v) is 4.53. The molecule has 1 fully saturated rings. The lowest BCUT2D eigenvalue weighted by Gasteiger charge is -2.30. The number of hydrogen-bond acceptors (Lipinski definition) is 5. The van der Waals surface area contributed by atoms with Crippen LogP contribution < -0.4 is 10.5 Å². The molecule has 2 unspecified atom stereocenters. The molecule has 0 aromatic heterocycles. The highest BCUT2D eigenvalue weighted by molar-refractivity contribution is 7.89. The van der Waals surface area contributed by atoms with Gasteiger partial charge >= 0.3 is 0 Å². The Morgan fingerprint density at radius 3 is 2.68 bits per heavy atom. The number of nitrogens with zero attached hydrogens (tertiary/aromatic N) is 1. The SMILES string of the molecule is NCC1CCCCC1NS(=O)(=O)c1cc(Cl)ccc1[N+](=O)[O-]. The van der Waals surface area contributed by atoms with Crippen molar-refractivity contribution in [2.24, 2.45) is 11.7 Å². The zero-order chi connectivity index (χ0) is 16.3. The average Bonchev–Trinajstić information content (AvgIpc) is 2.47. The topological polar surface area (TPSA) is 115 Å². The van der Waals surface area contributed by atoms with Crippen molar-refractivity contribution < 1.29 is 13.3 Å². The summed E-state index contributed by atoms with van der Waals surface area (Å²) in [6.45, 7) is 0.380. The van der Waals surface area contributed by atoms with E-state index in [-0.39, 0.29) is 17.0 Å². The Labute approximate surface area is 134 Å². The molecule has 0 spiro atoms. The van der Waals surface area contributed by atoms with E-state index in [0.717, 1.165) is 31.4 Å². The lowest BCUT2D eigenvalue weighted by molar-refractivity contribution is -0.387. The van der Waals surface area contributed by atoms with Gasteiger partial charge in [-0.15, -0.1) is 0 Å². The van der Waals surface area contributed by atoms with Gasteiger partial charge in [0.25, 0.3) is 5.69 Å². The molecule has 1 aliphatic rings. The summed E-state index contributed by atoms with van der Waals surface area (Å²) in [4.78, 5) is 9.90. The van der Waals surface area contributed by atoms with Gasteiger partial charge in [0.1, 0.15) is 0 Å². The van der Waals surface area contributed by atoms with Gasteiger partial charge in [-0.05, 0) is 37.4 Å². The first-order chi connectivity index (χ1) is 10.3. The predicted molar refractivity (Wildman–Crippen MR) is 83.2 cm³/mol. The standard InChI is InChI=1S/C13H18ClN3O4S/c14-10-5-6-12(17(18)19)13(7-10)22(20,21)16-11-4-2-1-3-9(11)8-15/h5-7,9,11,16H,1-4,8,15H2. The molecule has 1 aromatic carbocycles. The molecule has 22 heavy (non-hydrogen) atoms. The second-order valence-electron chi connectivity index (χ2n) is 5.38. The van der Waals surface area contributed by atoms with Gasteiger partial charge in [-0.3, -0.25) is 10.1 Å². The third kappa shape index (κ3) is 3.75. The van der Waals surface area contributed by atoms with Crippen molar-refractivity contribution in [3.63, 3.8) is 0 Å². The van der Waals surface area contributed by atoms with Crippen LogP contribution >= 0.6 is 11.6 Å². The van der Waals surface area contributed by atoms with Gasteiger partial charge in [0.15, 0.2) is 4.90 Å². The maximum Gasteiger partial charge on any atom is 0.289 e. The van der Waals surface area contributed by atoms with Gasteiger partial charge in [0.05, 0.1) is 4.92 Å². The van der Waals surface area contributed by atoms with E-state index in [1.807, 2.05) is 0 Å². The summed E-state index contributed by atoms with van der Waals surface area (Å²) in [7, 11) is -4.03. The fraction of sp³-hybridized carbons (Fsp3) is 0.538. The van der Waals surface area contributed by atoms with Crippen LogP contribution in [0.2, 0.25) is 5.02 Å². The van der Waals surface area contributed by atoms with Crippen LogP contribution in [0.5, 0.6) is 0 Å². The van der Waals surface area contributed by atoms with Gasteiger partial charge in [-0.25, -0.2) is 13.1 Å². The predicted octanol–water partition coefficient (Wildman–Crippen LogP) is 2.04. The van der Waals surface area contributed by atoms with Crippen LogP contribution in [0.15, 0.2) is 23.1 Å². The number of nitro groups is 1. The van der Waals surface area contributed by atoms with Crippen molar-refractivity contribution in [1.82, 2.24) is 4.72 Å². The minimum absolute atomic E-state index is 0.0433. The van der Waals surface area contributed by atoms with Crippen LogP contribution in [-0.4, -0.2) is 25.9 Å². The number of sulfonamides is 1. The molecule has 9 heteroatoms. The van der Waals surface area contributed by atoms with Gasteiger partial charge in [-0.1, -0.05) is 24.4 Å². The van der Waals surface area contributed by atoms with Crippen LogP contribution in [0.3, 0.4) is 0 Å². The number of nitro benzene ring substituents is 1. The lowest BCUT2D eigenvalue weighted by atomic mass is 9.85. The first kappa shape index (κ1) is 17.1. The van der Waals surface area contributed by atoms with E-state index in [4.69, 9.17) is 17.3 Å². The molecule has 0 amide bonds. The number of hydrogen-bond donors (Lipinski definition) is 2. The molecule has 1 aromatic rings. The average molecular weight is 348 g/mol. The third-order valence-corrected chi connectivity index (χ3v) is 5.68. The van der Waals surface area contributed by atoms with Crippen molar-refractivity contribution in [3.05, 3.63) is 33.3 Å². The maximum atomic E-state index is 12.5. The van der Waals surface area contributed by atoms with E-state index in [0.29, 0.717) is 13.0 Å². The summed E-state index contributed by atoms with van der Waals surface area (Å²) in [6.07, 6.45) is 3.44. The smallest absolute Gasteiger partial charge is 0.289 e. The molecule has 0 heterocycles. The minimum Gasteiger partial charge on any atom is -0.330 e. The monoisotopic (exact) mass is 347 g/mol. The number of halogens is 1. The summed E-state index contributed by atoms with van der Waals surface area (Å²) in [6, 6.07) is 3.19. The Kier molecular flexibility index (Phi) is 5.38. The van der Waals surface area contributed by atoms with Gasteiger partial charge in [-0.2, -0.15) is 0 Å². The highest BCUT2D eigenvalue weighted by atomic mass is 35.5. The van der Waals surface area contributed by atoms with E-state index < -0.39 is 25.5 Å². The molecule has 2 rings (SSSR count). The van der Waals surface area contributed by atoms with Gasteiger partial charge in [0, 0.05) is 17.1 Å². The van der Waals surface area contributed by atoms with E-state index in [1.54, 1.807) is 0 Å². The van der Waals surface area contributed by atoms with Gasteiger partial charge in [0.2, 0.25) is 10.0 Å². The second-order valence-corrected chi connectivity index (χ2v) is 7.50. The molecule has 122 valence electrons. The molecule has 0 bridgehead atoms. The van der Waals surface area contributed by atoms with Crippen molar-refractivity contribution >= 4 is 27.3 Å². The molecule has 7 nitrogen and oxygen atoms in total. The summed E-state index contributed by atoms with van der Waals surface area (Å²) < 4.78 is 27.6. The van der Waals surface area contributed by atoms with Gasteiger partial charge < -0.3 is 5.73 Å². The summed E-state index contributed by atoms with van der Waals surface area (Å²) in [5.41, 5.74) is 5.20. The van der Waals surface area contributed by atoms with E-state index in [2.05, 4.69) is 4.72 Å². The van der Waals surface area contributed by atoms with E-state index >= 15 is 0 Å². The molecule has 1 saturated carbocycles. The number of benzene rings is 1. The Hall–Kier alpha value is -1.22. The normalized spacial score (nSPS) is 22.5. The van der Waals surface area contributed by atoms with Crippen molar-refractivity contribution in [3.8, 4) is 0 Å². The van der Waals surface area contributed by atoms with Crippen molar-refractivity contribution in [2.45, 2.75) is 36.6 Å². The second kappa shape index (κ2) is 6.91. The van der Waals surface area contributed by atoms with Crippen LogP contribution in [-0.2, 0) is 10.0 Å². The number of nitrogens with two attached hydrogens (primary N) is 1. The Balaban J connectivity index is 2.34. The zero-order valence-electron chi connectivity index (χ0n) is 11.9. The minimum atomic E-state index is -4.03. The van der Waals surface area contributed by atoms with E-state index in [9.17, 15) is 18.5 Å². The van der Waals surface area contributed by atoms with E-state index in [1.165, 1.54) is 6.07 Å². The maximum absolute atomic E-state index is 12.5. The highest BCUT2D eigenvalue weighted by Gasteiger charge is 2.32. The van der Waals surface area contributed by atoms with Crippen LogP contribution in [0.25, 0.3) is 0 Å². The third-order valence-electron chi connectivity index (χ3n) is 3.93. The molecular formula is C13H18ClN3O4S. The zero-order valence-corrected chi connectivity index (χ0v) is 13.4.